The number of benzene rings is 1. The number of nitrogens with zero attached hydrogens (tertiary/aromatic N) is 2. The molecule has 0 bridgehead atoms. The van der Waals surface area contributed by atoms with Crippen molar-refractivity contribution in [3.63, 3.8) is 0 Å². The van der Waals surface area contributed by atoms with Crippen molar-refractivity contribution in [3.05, 3.63) is 29.8 Å². The fourth-order valence-electron chi connectivity index (χ4n) is 2.86. The lowest BCUT2D eigenvalue weighted by atomic mass is 10.1. The Bertz CT molecular complexity index is 469. The Hall–Kier alpha value is -1.54. The summed E-state index contributed by atoms with van der Waals surface area (Å²) in [5, 5.41) is 9.39. The zero-order valence-electron chi connectivity index (χ0n) is 13.4. The van der Waals surface area contributed by atoms with Crippen LogP contribution < -0.4 is 4.74 Å². The van der Waals surface area contributed by atoms with Crippen LogP contribution in [0.2, 0.25) is 0 Å². The number of piperazine rings is 1. The SMILES string of the molecule is C#CCOc1ccc(CN2CCN(C(CC)CO)CC2)cc1. The maximum atomic E-state index is 9.39. The van der Waals surface area contributed by atoms with Crippen molar-refractivity contribution in [2.45, 2.75) is 25.9 Å². The summed E-state index contributed by atoms with van der Waals surface area (Å²) in [6.07, 6.45) is 6.19. The molecular formula is C18H26N2O2. The van der Waals surface area contributed by atoms with Crippen molar-refractivity contribution < 1.29 is 9.84 Å². The molecule has 1 fully saturated rings. The van der Waals surface area contributed by atoms with Gasteiger partial charge in [-0.25, -0.2) is 0 Å². The highest BCUT2D eigenvalue weighted by Crippen LogP contribution is 2.15. The van der Waals surface area contributed by atoms with E-state index in [1.165, 1.54) is 5.56 Å². The molecule has 1 aromatic carbocycles. The first-order chi connectivity index (χ1) is 10.8. The van der Waals surface area contributed by atoms with E-state index in [1.54, 1.807) is 0 Å². The third-order valence-electron chi connectivity index (χ3n) is 4.26. The van der Waals surface area contributed by atoms with Crippen LogP contribution >= 0.6 is 0 Å². The van der Waals surface area contributed by atoms with Crippen LogP contribution in [-0.4, -0.2) is 60.3 Å². The number of aliphatic hydroxyl groups excluding tert-OH is 1. The van der Waals surface area contributed by atoms with E-state index in [2.05, 4.69) is 34.8 Å². The number of terminal acetylenes is 1. The van der Waals surface area contributed by atoms with Gasteiger partial charge in [0, 0.05) is 38.8 Å². The molecule has 1 aliphatic heterocycles. The molecule has 0 spiro atoms. The molecule has 0 aliphatic carbocycles. The van der Waals surface area contributed by atoms with Gasteiger partial charge in [0.05, 0.1) is 6.61 Å². The predicted octanol–water partition coefficient (Wildman–Crippen LogP) is 1.59. The fraction of sp³-hybridized carbons (Fsp3) is 0.556. The van der Waals surface area contributed by atoms with Gasteiger partial charge >= 0.3 is 0 Å². The van der Waals surface area contributed by atoms with Crippen LogP contribution in [0.25, 0.3) is 0 Å². The van der Waals surface area contributed by atoms with Gasteiger partial charge in [-0.2, -0.15) is 0 Å². The monoisotopic (exact) mass is 302 g/mol. The molecule has 1 aliphatic rings. The number of rotatable bonds is 7. The van der Waals surface area contributed by atoms with Crippen LogP contribution in [0, 0.1) is 12.3 Å². The lowest BCUT2D eigenvalue weighted by Crippen LogP contribution is -2.50. The van der Waals surface area contributed by atoms with Crippen LogP contribution in [-0.2, 0) is 6.54 Å². The van der Waals surface area contributed by atoms with Crippen LogP contribution in [0.4, 0.5) is 0 Å². The van der Waals surface area contributed by atoms with Gasteiger partial charge in [0.15, 0.2) is 0 Å². The molecule has 1 atom stereocenters. The van der Waals surface area contributed by atoms with Crippen molar-refractivity contribution in [1.82, 2.24) is 9.80 Å². The molecule has 0 radical (unpaired) electrons. The van der Waals surface area contributed by atoms with Gasteiger partial charge in [-0.05, 0) is 24.1 Å². The summed E-state index contributed by atoms with van der Waals surface area (Å²) in [5.41, 5.74) is 1.29. The summed E-state index contributed by atoms with van der Waals surface area (Å²) < 4.78 is 5.39. The summed E-state index contributed by atoms with van der Waals surface area (Å²) in [5.74, 6) is 3.29. The molecule has 1 unspecified atom stereocenters. The van der Waals surface area contributed by atoms with Gasteiger partial charge in [0.2, 0.25) is 0 Å². The summed E-state index contributed by atoms with van der Waals surface area (Å²) in [6.45, 7) is 7.82. The maximum absolute atomic E-state index is 9.39. The molecule has 1 heterocycles. The van der Waals surface area contributed by atoms with Crippen molar-refractivity contribution >= 4 is 0 Å². The smallest absolute Gasteiger partial charge is 0.148 e. The van der Waals surface area contributed by atoms with E-state index < -0.39 is 0 Å². The summed E-state index contributed by atoms with van der Waals surface area (Å²) in [7, 11) is 0. The fourth-order valence-corrected chi connectivity index (χ4v) is 2.86. The number of ether oxygens (including phenoxy) is 1. The van der Waals surface area contributed by atoms with Gasteiger partial charge in [0.25, 0.3) is 0 Å². The minimum absolute atomic E-state index is 0.260. The molecule has 0 saturated carbocycles. The normalized spacial score (nSPS) is 17.9. The molecular weight excluding hydrogens is 276 g/mol. The van der Waals surface area contributed by atoms with E-state index in [9.17, 15) is 5.11 Å². The Morgan fingerprint density at radius 3 is 2.45 bits per heavy atom. The minimum atomic E-state index is 0.260. The van der Waals surface area contributed by atoms with E-state index in [0.717, 1.165) is 44.9 Å². The van der Waals surface area contributed by atoms with Gasteiger partial charge < -0.3 is 9.84 Å². The molecule has 0 aromatic heterocycles. The third-order valence-corrected chi connectivity index (χ3v) is 4.26. The highest BCUT2D eigenvalue weighted by Gasteiger charge is 2.22. The molecule has 2 rings (SSSR count). The van der Waals surface area contributed by atoms with Gasteiger partial charge in [-0.15, -0.1) is 6.42 Å². The van der Waals surface area contributed by atoms with Crippen molar-refractivity contribution in [2.24, 2.45) is 0 Å². The Morgan fingerprint density at radius 2 is 1.91 bits per heavy atom. The molecule has 22 heavy (non-hydrogen) atoms. The first kappa shape index (κ1) is 16.8. The molecule has 4 heteroatoms. The van der Waals surface area contributed by atoms with Crippen molar-refractivity contribution in [1.29, 1.82) is 0 Å². The quantitative estimate of drug-likeness (QED) is 0.776. The third kappa shape index (κ3) is 4.74. The highest BCUT2D eigenvalue weighted by atomic mass is 16.5. The van der Waals surface area contributed by atoms with Crippen LogP contribution in [0.15, 0.2) is 24.3 Å². The first-order valence-electron chi connectivity index (χ1n) is 7.99. The topological polar surface area (TPSA) is 35.9 Å². The second-order valence-electron chi connectivity index (χ2n) is 5.69. The highest BCUT2D eigenvalue weighted by molar-refractivity contribution is 5.27. The van der Waals surface area contributed by atoms with Crippen LogP contribution in [0.1, 0.15) is 18.9 Å². The summed E-state index contributed by atoms with van der Waals surface area (Å²) in [6, 6.07) is 8.46. The van der Waals surface area contributed by atoms with Crippen LogP contribution in [0.3, 0.4) is 0 Å². The van der Waals surface area contributed by atoms with E-state index in [0.29, 0.717) is 12.6 Å². The molecule has 120 valence electrons. The molecule has 1 N–H and O–H groups in total. The average Bonchev–Trinajstić information content (AvgIpc) is 2.57. The minimum Gasteiger partial charge on any atom is -0.481 e. The largest absolute Gasteiger partial charge is 0.481 e. The first-order valence-corrected chi connectivity index (χ1v) is 7.99. The molecule has 4 nitrogen and oxygen atoms in total. The van der Waals surface area contributed by atoms with Gasteiger partial charge in [-0.3, -0.25) is 9.80 Å². The Kier molecular flexibility index (Phi) is 6.73. The Morgan fingerprint density at radius 1 is 1.23 bits per heavy atom. The number of hydrogen-bond acceptors (Lipinski definition) is 4. The lowest BCUT2D eigenvalue weighted by molar-refractivity contribution is 0.0608. The molecule has 0 amide bonds. The maximum Gasteiger partial charge on any atom is 0.148 e. The second-order valence-corrected chi connectivity index (χ2v) is 5.69. The summed E-state index contributed by atoms with van der Waals surface area (Å²) in [4.78, 5) is 4.85. The zero-order valence-corrected chi connectivity index (χ0v) is 13.4. The second kappa shape index (κ2) is 8.79. The standard InChI is InChI=1S/C18H26N2O2/c1-3-13-22-18-7-5-16(6-8-18)14-19-9-11-20(12-10-19)17(4-2)15-21/h1,5-8,17,21H,4,9-15H2,2H3. The predicted molar refractivity (Wildman–Crippen MR) is 88.8 cm³/mol. The van der Waals surface area contributed by atoms with Crippen LogP contribution in [0.5, 0.6) is 5.75 Å². The van der Waals surface area contributed by atoms with E-state index >= 15 is 0 Å². The number of hydrogen-bond donors (Lipinski definition) is 1. The van der Waals surface area contributed by atoms with Crippen molar-refractivity contribution in [2.75, 3.05) is 39.4 Å². The van der Waals surface area contributed by atoms with E-state index in [4.69, 9.17) is 11.2 Å². The Balaban J connectivity index is 1.79. The average molecular weight is 302 g/mol. The van der Waals surface area contributed by atoms with E-state index in [-0.39, 0.29) is 6.61 Å². The molecule has 1 aromatic rings. The van der Waals surface area contributed by atoms with E-state index in [1.807, 2.05) is 12.1 Å². The van der Waals surface area contributed by atoms with Gasteiger partial charge in [0.1, 0.15) is 12.4 Å². The molecule has 1 saturated heterocycles. The van der Waals surface area contributed by atoms with Crippen molar-refractivity contribution in [3.8, 4) is 18.1 Å². The number of aliphatic hydroxyl groups is 1. The lowest BCUT2D eigenvalue weighted by Gasteiger charge is -2.38. The Labute approximate surface area is 133 Å². The zero-order chi connectivity index (χ0) is 15.8. The van der Waals surface area contributed by atoms with Gasteiger partial charge in [-0.1, -0.05) is 25.0 Å². The summed E-state index contributed by atoms with van der Waals surface area (Å²) >= 11 is 0.